The lowest BCUT2D eigenvalue weighted by molar-refractivity contribution is -0.121. The van der Waals surface area contributed by atoms with Crippen molar-refractivity contribution in [2.24, 2.45) is 5.73 Å². The summed E-state index contributed by atoms with van der Waals surface area (Å²) < 4.78 is 0.746. The fraction of sp³-hybridized carbons (Fsp3) is 0.273. The van der Waals surface area contributed by atoms with Crippen molar-refractivity contribution < 1.29 is 9.59 Å². The minimum Gasteiger partial charge on any atom is -0.398 e. The van der Waals surface area contributed by atoms with Gasteiger partial charge in [0.25, 0.3) is 5.91 Å². The molecule has 1 atom stereocenters. The van der Waals surface area contributed by atoms with Gasteiger partial charge in [-0.2, -0.15) is 0 Å². The predicted molar refractivity (Wildman–Crippen MR) is 69.3 cm³/mol. The SMILES string of the molecule is CC(C(N)=O)N(C)C(=O)c1cc(Br)ccc1N. The number of hydrogen-bond donors (Lipinski definition) is 2. The highest BCUT2D eigenvalue weighted by atomic mass is 79.9. The minimum atomic E-state index is -0.680. The van der Waals surface area contributed by atoms with Crippen molar-refractivity contribution in [1.82, 2.24) is 4.90 Å². The molecular formula is C11H14BrN3O2. The Bertz CT molecular complexity index is 462. The fourth-order valence-corrected chi connectivity index (χ4v) is 1.63. The van der Waals surface area contributed by atoms with E-state index in [2.05, 4.69) is 15.9 Å². The lowest BCUT2D eigenvalue weighted by Gasteiger charge is -2.23. The van der Waals surface area contributed by atoms with Gasteiger partial charge in [0.1, 0.15) is 6.04 Å². The summed E-state index contributed by atoms with van der Waals surface area (Å²) in [6.45, 7) is 1.56. The van der Waals surface area contributed by atoms with Crippen molar-refractivity contribution in [3.8, 4) is 0 Å². The third kappa shape index (κ3) is 2.97. The van der Waals surface area contributed by atoms with Gasteiger partial charge in [0.05, 0.1) is 5.56 Å². The number of nitrogens with zero attached hydrogens (tertiary/aromatic N) is 1. The Morgan fingerprint density at radius 1 is 1.41 bits per heavy atom. The van der Waals surface area contributed by atoms with Crippen LogP contribution in [-0.2, 0) is 4.79 Å². The number of benzene rings is 1. The van der Waals surface area contributed by atoms with Crippen molar-refractivity contribution in [3.63, 3.8) is 0 Å². The Morgan fingerprint density at radius 2 is 2.00 bits per heavy atom. The topological polar surface area (TPSA) is 89.4 Å². The van der Waals surface area contributed by atoms with Crippen LogP contribution in [0.2, 0.25) is 0 Å². The van der Waals surface area contributed by atoms with Crippen molar-refractivity contribution in [2.75, 3.05) is 12.8 Å². The molecule has 0 aliphatic rings. The van der Waals surface area contributed by atoms with Crippen LogP contribution >= 0.6 is 15.9 Å². The first-order valence-corrected chi connectivity index (χ1v) is 5.75. The highest BCUT2D eigenvalue weighted by Crippen LogP contribution is 2.20. The zero-order chi connectivity index (χ0) is 13.2. The summed E-state index contributed by atoms with van der Waals surface area (Å²) in [5, 5.41) is 0. The molecule has 5 nitrogen and oxygen atoms in total. The van der Waals surface area contributed by atoms with Crippen LogP contribution in [-0.4, -0.2) is 29.8 Å². The molecule has 0 radical (unpaired) electrons. The molecule has 2 amide bonds. The van der Waals surface area contributed by atoms with Crippen LogP contribution in [0.1, 0.15) is 17.3 Å². The average molecular weight is 300 g/mol. The molecule has 0 spiro atoms. The second-order valence-electron chi connectivity index (χ2n) is 3.73. The van der Waals surface area contributed by atoms with Crippen LogP contribution in [0.3, 0.4) is 0 Å². The van der Waals surface area contributed by atoms with Gasteiger partial charge in [0.15, 0.2) is 0 Å². The lowest BCUT2D eigenvalue weighted by Crippen LogP contribution is -2.43. The van der Waals surface area contributed by atoms with Gasteiger partial charge in [-0.1, -0.05) is 15.9 Å². The maximum Gasteiger partial charge on any atom is 0.256 e. The third-order valence-corrected chi connectivity index (χ3v) is 3.05. The van der Waals surface area contributed by atoms with E-state index in [0.717, 1.165) is 4.47 Å². The second-order valence-corrected chi connectivity index (χ2v) is 4.64. The molecule has 1 rings (SSSR count). The van der Waals surface area contributed by atoms with Crippen LogP contribution in [0.4, 0.5) is 5.69 Å². The molecule has 1 aromatic carbocycles. The zero-order valence-electron chi connectivity index (χ0n) is 9.61. The van der Waals surface area contributed by atoms with Crippen LogP contribution in [0, 0.1) is 0 Å². The van der Waals surface area contributed by atoms with E-state index in [-0.39, 0.29) is 5.91 Å². The first-order chi connectivity index (χ1) is 7.84. The number of primary amides is 1. The molecule has 0 saturated carbocycles. The Kier molecular flexibility index (Phi) is 4.11. The molecule has 0 saturated heterocycles. The fourth-order valence-electron chi connectivity index (χ4n) is 1.27. The molecule has 0 bridgehead atoms. The Labute approximate surface area is 108 Å². The normalized spacial score (nSPS) is 11.9. The first-order valence-electron chi connectivity index (χ1n) is 4.96. The number of carbonyl (C=O) groups is 2. The van der Waals surface area contributed by atoms with Crippen molar-refractivity contribution >= 4 is 33.4 Å². The summed E-state index contributed by atoms with van der Waals surface area (Å²) >= 11 is 3.26. The van der Waals surface area contributed by atoms with Crippen LogP contribution < -0.4 is 11.5 Å². The smallest absolute Gasteiger partial charge is 0.256 e. The molecule has 0 aliphatic heterocycles. The zero-order valence-corrected chi connectivity index (χ0v) is 11.2. The van der Waals surface area contributed by atoms with Crippen LogP contribution in [0.5, 0.6) is 0 Å². The van der Waals surface area contributed by atoms with Crippen LogP contribution in [0.15, 0.2) is 22.7 Å². The highest BCUT2D eigenvalue weighted by Gasteiger charge is 2.22. The number of carbonyl (C=O) groups excluding carboxylic acids is 2. The number of hydrogen-bond acceptors (Lipinski definition) is 3. The van der Waals surface area contributed by atoms with Gasteiger partial charge in [-0.05, 0) is 25.1 Å². The molecule has 1 aromatic rings. The van der Waals surface area contributed by atoms with Gasteiger partial charge >= 0.3 is 0 Å². The van der Waals surface area contributed by atoms with Gasteiger partial charge in [0, 0.05) is 17.2 Å². The molecule has 0 aromatic heterocycles. The molecule has 0 fully saturated rings. The van der Waals surface area contributed by atoms with E-state index in [1.54, 1.807) is 25.1 Å². The summed E-state index contributed by atoms with van der Waals surface area (Å²) in [5.74, 6) is -0.899. The van der Waals surface area contributed by atoms with E-state index in [1.807, 2.05) is 0 Å². The molecule has 92 valence electrons. The lowest BCUT2D eigenvalue weighted by atomic mass is 10.1. The molecule has 0 aliphatic carbocycles. The number of rotatable bonds is 3. The number of halogens is 1. The maximum atomic E-state index is 12.1. The van der Waals surface area contributed by atoms with Crippen molar-refractivity contribution in [2.45, 2.75) is 13.0 Å². The predicted octanol–water partition coefficient (Wildman–Crippen LogP) is 0.977. The third-order valence-electron chi connectivity index (χ3n) is 2.56. The Hall–Kier alpha value is -1.56. The summed E-state index contributed by atoms with van der Waals surface area (Å²) in [5.41, 5.74) is 11.6. The second kappa shape index (κ2) is 5.18. The highest BCUT2D eigenvalue weighted by molar-refractivity contribution is 9.10. The number of anilines is 1. The van der Waals surface area contributed by atoms with Gasteiger partial charge in [-0.25, -0.2) is 0 Å². The quantitative estimate of drug-likeness (QED) is 0.815. The van der Waals surface area contributed by atoms with E-state index in [0.29, 0.717) is 11.3 Å². The maximum absolute atomic E-state index is 12.1. The summed E-state index contributed by atoms with van der Waals surface area (Å²) in [7, 11) is 1.51. The average Bonchev–Trinajstić information content (AvgIpc) is 2.29. The number of nitrogens with two attached hydrogens (primary N) is 2. The molecular weight excluding hydrogens is 286 g/mol. The monoisotopic (exact) mass is 299 g/mol. The van der Waals surface area contributed by atoms with E-state index >= 15 is 0 Å². The first kappa shape index (κ1) is 13.5. The molecule has 6 heteroatoms. The largest absolute Gasteiger partial charge is 0.398 e. The number of likely N-dealkylation sites (N-methyl/N-ethyl adjacent to an activating group) is 1. The molecule has 17 heavy (non-hydrogen) atoms. The van der Waals surface area contributed by atoms with Gasteiger partial charge in [-0.3, -0.25) is 9.59 Å². The van der Waals surface area contributed by atoms with Gasteiger partial charge in [0.2, 0.25) is 5.91 Å². The Morgan fingerprint density at radius 3 is 2.53 bits per heavy atom. The summed E-state index contributed by atoms with van der Waals surface area (Å²) in [6, 6.07) is 4.30. The van der Waals surface area contributed by atoms with E-state index in [1.165, 1.54) is 11.9 Å². The standard InChI is InChI=1S/C11H14BrN3O2/c1-6(10(14)16)15(2)11(17)8-5-7(12)3-4-9(8)13/h3-6H,13H2,1-2H3,(H2,14,16). The van der Waals surface area contributed by atoms with Crippen molar-refractivity contribution in [3.05, 3.63) is 28.2 Å². The van der Waals surface area contributed by atoms with Crippen LogP contribution in [0.25, 0.3) is 0 Å². The molecule has 0 heterocycles. The summed E-state index contributed by atoms with van der Waals surface area (Å²) in [6.07, 6.45) is 0. The Balaban J connectivity index is 3.04. The molecule has 4 N–H and O–H groups in total. The van der Waals surface area contributed by atoms with E-state index in [4.69, 9.17) is 11.5 Å². The van der Waals surface area contributed by atoms with E-state index < -0.39 is 11.9 Å². The van der Waals surface area contributed by atoms with Crippen molar-refractivity contribution in [1.29, 1.82) is 0 Å². The van der Waals surface area contributed by atoms with Gasteiger partial charge in [-0.15, -0.1) is 0 Å². The number of nitrogen functional groups attached to an aromatic ring is 1. The van der Waals surface area contributed by atoms with Gasteiger partial charge < -0.3 is 16.4 Å². The summed E-state index contributed by atoms with van der Waals surface area (Å²) in [4.78, 5) is 24.4. The number of amides is 2. The molecule has 1 unspecified atom stereocenters. The van der Waals surface area contributed by atoms with E-state index in [9.17, 15) is 9.59 Å². The minimum absolute atomic E-state index is 0.338.